The van der Waals surface area contributed by atoms with Crippen molar-refractivity contribution in [3.8, 4) is 0 Å². The second-order valence-electron chi connectivity index (χ2n) is 4.27. The lowest BCUT2D eigenvalue weighted by Crippen LogP contribution is -2.48. The molecule has 0 aliphatic carbocycles. The van der Waals surface area contributed by atoms with E-state index in [1.165, 1.54) is 0 Å². The van der Waals surface area contributed by atoms with Gasteiger partial charge in [0.1, 0.15) is 0 Å². The molecule has 0 radical (unpaired) electrons. The van der Waals surface area contributed by atoms with Gasteiger partial charge in [0, 0.05) is 32.4 Å². The lowest BCUT2D eigenvalue weighted by Gasteiger charge is -2.34. The first-order valence-electron chi connectivity index (χ1n) is 6.19. The minimum Gasteiger partial charge on any atom is -0.336 e. The van der Waals surface area contributed by atoms with Gasteiger partial charge in [-0.25, -0.2) is 10.8 Å². The van der Waals surface area contributed by atoms with Crippen LogP contribution in [0.15, 0.2) is 18.3 Å². The first-order chi connectivity index (χ1) is 8.76. The van der Waals surface area contributed by atoms with Crippen LogP contribution in [-0.2, 0) is 0 Å². The summed E-state index contributed by atoms with van der Waals surface area (Å²) in [5, 5.41) is 0. The van der Waals surface area contributed by atoms with Gasteiger partial charge in [-0.3, -0.25) is 4.79 Å². The summed E-state index contributed by atoms with van der Waals surface area (Å²) in [5.41, 5.74) is 3.00. The number of carbonyl (C=O) groups excluding carboxylic acids is 1. The van der Waals surface area contributed by atoms with Crippen molar-refractivity contribution in [3.63, 3.8) is 0 Å². The number of amides is 1. The van der Waals surface area contributed by atoms with Gasteiger partial charge in [0.2, 0.25) is 0 Å². The first kappa shape index (κ1) is 12.8. The fourth-order valence-electron chi connectivity index (χ4n) is 2.13. The normalized spacial score (nSPS) is 16.7. The molecule has 1 fully saturated rings. The highest BCUT2D eigenvalue weighted by Gasteiger charge is 2.23. The van der Waals surface area contributed by atoms with E-state index in [4.69, 9.17) is 5.84 Å². The Morgan fingerprint density at radius 3 is 2.78 bits per heavy atom. The van der Waals surface area contributed by atoms with Gasteiger partial charge >= 0.3 is 0 Å². The predicted octanol–water partition coefficient (Wildman–Crippen LogP) is 0.145. The van der Waals surface area contributed by atoms with E-state index >= 15 is 0 Å². The quantitative estimate of drug-likeness (QED) is 0.589. The number of likely N-dealkylation sites (N-methyl/N-ethyl adjacent to an activating group) is 1. The van der Waals surface area contributed by atoms with Crippen molar-refractivity contribution in [2.45, 2.75) is 6.92 Å². The largest absolute Gasteiger partial charge is 0.336 e. The monoisotopic (exact) mass is 249 g/mol. The summed E-state index contributed by atoms with van der Waals surface area (Å²) in [4.78, 5) is 20.6. The standard InChI is InChI=1S/C12H19N5O/c1-2-16-6-8-17(9-7-16)12(18)10-4-3-5-14-11(10)15-13/h3-5H,2,6-9,13H2,1H3,(H,14,15). The number of nitrogens with one attached hydrogen (secondary N) is 1. The zero-order valence-corrected chi connectivity index (χ0v) is 10.6. The van der Waals surface area contributed by atoms with Gasteiger partial charge in [0.15, 0.2) is 5.82 Å². The van der Waals surface area contributed by atoms with E-state index in [0.29, 0.717) is 11.4 Å². The Kier molecular flexibility index (Phi) is 4.11. The molecule has 3 N–H and O–H groups in total. The smallest absolute Gasteiger partial charge is 0.257 e. The van der Waals surface area contributed by atoms with Crippen molar-refractivity contribution in [1.29, 1.82) is 0 Å². The highest BCUT2D eigenvalue weighted by molar-refractivity contribution is 5.98. The summed E-state index contributed by atoms with van der Waals surface area (Å²) in [6.07, 6.45) is 1.61. The van der Waals surface area contributed by atoms with Gasteiger partial charge in [0.25, 0.3) is 5.91 Å². The second kappa shape index (κ2) is 5.79. The first-order valence-corrected chi connectivity index (χ1v) is 6.19. The Bertz CT molecular complexity index is 415. The zero-order valence-electron chi connectivity index (χ0n) is 10.6. The summed E-state index contributed by atoms with van der Waals surface area (Å²) < 4.78 is 0. The number of hydrogen-bond acceptors (Lipinski definition) is 5. The SMILES string of the molecule is CCN1CCN(C(=O)c2cccnc2NN)CC1. The number of nitrogen functional groups attached to an aromatic ring is 1. The van der Waals surface area contributed by atoms with Gasteiger partial charge in [-0.1, -0.05) is 6.92 Å². The number of rotatable bonds is 3. The molecule has 1 amide bonds. The Morgan fingerprint density at radius 2 is 2.17 bits per heavy atom. The minimum absolute atomic E-state index is 0.00759. The van der Waals surface area contributed by atoms with Gasteiger partial charge in [0.05, 0.1) is 5.56 Å². The fraction of sp³-hybridized carbons (Fsp3) is 0.500. The molecular weight excluding hydrogens is 230 g/mol. The second-order valence-corrected chi connectivity index (χ2v) is 4.27. The maximum absolute atomic E-state index is 12.3. The molecular formula is C12H19N5O. The van der Waals surface area contributed by atoms with Crippen LogP contribution in [0.25, 0.3) is 0 Å². The van der Waals surface area contributed by atoms with E-state index in [2.05, 4.69) is 22.2 Å². The Morgan fingerprint density at radius 1 is 1.44 bits per heavy atom. The molecule has 2 rings (SSSR count). The number of anilines is 1. The maximum atomic E-state index is 12.3. The molecule has 1 aromatic rings. The van der Waals surface area contributed by atoms with Gasteiger partial charge in [-0.05, 0) is 18.7 Å². The van der Waals surface area contributed by atoms with Gasteiger partial charge in [-0.2, -0.15) is 0 Å². The van der Waals surface area contributed by atoms with E-state index in [0.717, 1.165) is 32.7 Å². The molecule has 1 aliphatic heterocycles. The van der Waals surface area contributed by atoms with Crippen molar-refractivity contribution in [1.82, 2.24) is 14.8 Å². The van der Waals surface area contributed by atoms with Crippen LogP contribution in [0, 0.1) is 0 Å². The highest BCUT2D eigenvalue weighted by atomic mass is 16.2. The lowest BCUT2D eigenvalue weighted by atomic mass is 10.2. The Labute approximate surface area is 107 Å². The van der Waals surface area contributed by atoms with E-state index < -0.39 is 0 Å². The topological polar surface area (TPSA) is 74.5 Å². The molecule has 1 saturated heterocycles. The number of pyridine rings is 1. The van der Waals surface area contributed by atoms with E-state index in [9.17, 15) is 4.79 Å². The van der Waals surface area contributed by atoms with Gasteiger partial charge in [-0.15, -0.1) is 0 Å². The molecule has 0 unspecified atom stereocenters. The molecule has 0 atom stereocenters. The molecule has 0 spiro atoms. The summed E-state index contributed by atoms with van der Waals surface area (Å²) >= 11 is 0. The molecule has 98 valence electrons. The molecule has 1 aliphatic rings. The van der Waals surface area contributed by atoms with Crippen LogP contribution in [0.4, 0.5) is 5.82 Å². The molecule has 0 bridgehead atoms. The third-order valence-corrected chi connectivity index (χ3v) is 3.28. The van der Waals surface area contributed by atoms with Crippen LogP contribution < -0.4 is 11.3 Å². The summed E-state index contributed by atoms with van der Waals surface area (Å²) in [6, 6.07) is 3.49. The summed E-state index contributed by atoms with van der Waals surface area (Å²) in [7, 11) is 0. The average Bonchev–Trinajstić information content (AvgIpc) is 2.46. The number of nitrogens with two attached hydrogens (primary N) is 1. The fourth-order valence-corrected chi connectivity index (χ4v) is 2.13. The van der Waals surface area contributed by atoms with Crippen LogP contribution in [0.2, 0.25) is 0 Å². The number of nitrogens with zero attached hydrogens (tertiary/aromatic N) is 3. The molecule has 6 heteroatoms. The lowest BCUT2D eigenvalue weighted by molar-refractivity contribution is 0.0644. The molecule has 6 nitrogen and oxygen atoms in total. The van der Waals surface area contributed by atoms with E-state index in [1.807, 2.05) is 4.90 Å². The van der Waals surface area contributed by atoms with Gasteiger partial charge < -0.3 is 15.2 Å². The summed E-state index contributed by atoms with van der Waals surface area (Å²) in [5.74, 6) is 5.79. The third kappa shape index (κ3) is 2.60. The summed E-state index contributed by atoms with van der Waals surface area (Å²) in [6.45, 7) is 6.53. The zero-order chi connectivity index (χ0) is 13.0. The van der Waals surface area contributed by atoms with Crippen LogP contribution in [0.3, 0.4) is 0 Å². The van der Waals surface area contributed by atoms with Crippen molar-refractivity contribution in [2.75, 3.05) is 38.1 Å². The number of hydrazine groups is 1. The average molecular weight is 249 g/mol. The number of hydrogen-bond donors (Lipinski definition) is 2. The van der Waals surface area contributed by atoms with Crippen LogP contribution >= 0.6 is 0 Å². The van der Waals surface area contributed by atoms with Crippen molar-refractivity contribution in [2.24, 2.45) is 5.84 Å². The molecule has 0 saturated carbocycles. The van der Waals surface area contributed by atoms with Crippen LogP contribution in [0.1, 0.15) is 17.3 Å². The van der Waals surface area contributed by atoms with Crippen molar-refractivity contribution in [3.05, 3.63) is 23.9 Å². The minimum atomic E-state index is -0.00759. The molecule has 1 aromatic heterocycles. The Balaban J connectivity index is 2.08. The maximum Gasteiger partial charge on any atom is 0.257 e. The van der Waals surface area contributed by atoms with Crippen LogP contribution in [-0.4, -0.2) is 53.4 Å². The highest BCUT2D eigenvalue weighted by Crippen LogP contribution is 2.14. The van der Waals surface area contributed by atoms with Crippen LogP contribution in [0.5, 0.6) is 0 Å². The molecule has 2 heterocycles. The van der Waals surface area contributed by atoms with E-state index in [-0.39, 0.29) is 5.91 Å². The molecule has 0 aromatic carbocycles. The molecule has 18 heavy (non-hydrogen) atoms. The number of carbonyl (C=O) groups is 1. The number of aromatic nitrogens is 1. The van der Waals surface area contributed by atoms with E-state index in [1.54, 1.807) is 18.3 Å². The number of piperazine rings is 1. The third-order valence-electron chi connectivity index (χ3n) is 3.28. The predicted molar refractivity (Wildman–Crippen MR) is 70.1 cm³/mol. The Hall–Kier alpha value is -1.66. The van der Waals surface area contributed by atoms with Crippen molar-refractivity contribution >= 4 is 11.7 Å². The van der Waals surface area contributed by atoms with Crippen molar-refractivity contribution < 1.29 is 4.79 Å².